The van der Waals surface area contributed by atoms with Gasteiger partial charge >= 0.3 is 6.09 Å². The average Bonchev–Trinajstić information content (AvgIpc) is 1.99. The Morgan fingerprint density at radius 2 is 2.40 bits per heavy atom. The lowest BCUT2D eigenvalue weighted by Crippen LogP contribution is -2.18. The van der Waals surface area contributed by atoms with Crippen LogP contribution in [0.2, 0.25) is 0 Å². The molecule has 0 heterocycles. The third kappa shape index (κ3) is 3.85. The third-order valence-corrected chi connectivity index (χ3v) is 0.784. The molecule has 0 aliphatic heterocycles. The molecular weight excluding hydrogens is 134 g/mol. The Morgan fingerprint density at radius 3 is 2.80 bits per heavy atom. The fraction of sp³-hybridized carbons (Fsp3) is 0.600. The normalized spacial score (nSPS) is 10.9. The van der Waals surface area contributed by atoms with Gasteiger partial charge in [0.05, 0.1) is 5.71 Å². The molecule has 0 aliphatic carbocycles. The Hall–Kier alpha value is -1.10. The van der Waals surface area contributed by atoms with E-state index in [1.165, 1.54) is 7.05 Å². The second kappa shape index (κ2) is 4.75. The number of hydrogen-bond acceptors (Lipinski definition) is 4. The summed E-state index contributed by atoms with van der Waals surface area (Å²) in [7, 11) is 1.45. The molecule has 0 fully saturated rings. The van der Waals surface area contributed by atoms with E-state index in [0.29, 0.717) is 5.71 Å². The highest BCUT2D eigenvalue weighted by Crippen LogP contribution is 1.79. The second-order valence-electron chi connectivity index (χ2n) is 1.66. The van der Waals surface area contributed by atoms with Crippen LogP contribution in [0.15, 0.2) is 5.16 Å². The maximum Gasteiger partial charge on any atom is 0.433 e. The van der Waals surface area contributed by atoms with Gasteiger partial charge < -0.3 is 11.1 Å². The minimum Gasteiger partial charge on any atom is -0.325 e. The number of oxime groups is 1. The predicted octanol–water partition coefficient (Wildman–Crippen LogP) is -0.323. The van der Waals surface area contributed by atoms with Gasteiger partial charge in [-0.15, -0.1) is 0 Å². The molecule has 0 aliphatic rings. The standard InChI is InChI=1S/C5H11N3O2/c1-4(3-6)8-10-5(9)7-2/h3,6H2,1-2H3,(H,7,9)/b8-4+. The zero-order valence-corrected chi connectivity index (χ0v) is 6.05. The molecule has 0 radical (unpaired) electrons. The number of nitrogens with two attached hydrogens (primary N) is 1. The molecule has 0 aromatic heterocycles. The Kier molecular flexibility index (Phi) is 4.23. The van der Waals surface area contributed by atoms with Gasteiger partial charge in [-0.2, -0.15) is 0 Å². The van der Waals surface area contributed by atoms with Crippen LogP contribution >= 0.6 is 0 Å². The van der Waals surface area contributed by atoms with Gasteiger partial charge in [-0.25, -0.2) is 4.79 Å². The van der Waals surface area contributed by atoms with Crippen LogP contribution in [0.25, 0.3) is 0 Å². The van der Waals surface area contributed by atoms with E-state index < -0.39 is 6.09 Å². The van der Waals surface area contributed by atoms with Crippen molar-refractivity contribution in [2.75, 3.05) is 13.6 Å². The number of carbonyl (C=O) groups is 1. The molecule has 0 aromatic rings. The van der Waals surface area contributed by atoms with E-state index in [0.717, 1.165) is 0 Å². The number of nitrogens with zero attached hydrogens (tertiary/aromatic N) is 1. The van der Waals surface area contributed by atoms with Crippen molar-refractivity contribution in [3.05, 3.63) is 0 Å². The first kappa shape index (κ1) is 8.90. The summed E-state index contributed by atoms with van der Waals surface area (Å²) in [5, 5.41) is 5.63. The number of amides is 1. The average molecular weight is 145 g/mol. The van der Waals surface area contributed by atoms with Crippen molar-refractivity contribution in [3.63, 3.8) is 0 Å². The van der Waals surface area contributed by atoms with Crippen molar-refractivity contribution < 1.29 is 9.63 Å². The molecule has 0 unspecified atom stereocenters. The molecular formula is C5H11N3O2. The molecule has 58 valence electrons. The van der Waals surface area contributed by atoms with E-state index in [9.17, 15) is 4.79 Å². The van der Waals surface area contributed by atoms with E-state index in [1.54, 1.807) is 6.92 Å². The van der Waals surface area contributed by atoms with E-state index >= 15 is 0 Å². The SMILES string of the molecule is CNC(=O)O/N=C(\C)CN. The van der Waals surface area contributed by atoms with Crippen LogP contribution in [0.5, 0.6) is 0 Å². The van der Waals surface area contributed by atoms with Crippen molar-refractivity contribution in [2.24, 2.45) is 10.9 Å². The first-order chi connectivity index (χ1) is 4.70. The van der Waals surface area contributed by atoms with Crippen LogP contribution < -0.4 is 11.1 Å². The van der Waals surface area contributed by atoms with Gasteiger partial charge in [0, 0.05) is 13.6 Å². The number of rotatable bonds is 2. The fourth-order valence-electron chi connectivity index (χ4n) is 0.202. The van der Waals surface area contributed by atoms with Crippen molar-refractivity contribution in [1.29, 1.82) is 0 Å². The topological polar surface area (TPSA) is 76.7 Å². The Labute approximate surface area is 59.2 Å². The minimum atomic E-state index is -0.590. The molecule has 0 spiro atoms. The number of carbonyl (C=O) groups excluding carboxylic acids is 1. The summed E-state index contributed by atoms with van der Waals surface area (Å²) < 4.78 is 0. The van der Waals surface area contributed by atoms with Crippen molar-refractivity contribution in [3.8, 4) is 0 Å². The molecule has 5 heteroatoms. The van der Waals surface area contributed by atoms with Crippen LogP contribution in [0.4, 0.5) is 4.79 Å². The van der Waals surface area contributed by atoms with Gasteiger partial charge in [-0.05, 0) is 6.92 Å². The summed E-state index contributed by atoms with van der Waals surface area (Å²) >= 11 is 0. The van der Waals surface area contributed by atoms with E-state index in [1.807, 2.05) is 0 Å². The Morgan fingerprint density at radius 1 is 1.80 bits per heavy atom. The fourth-order valence-corrected chi connectivity index (χ4v) is 0.202. The maximum absolute atomic E-state index is 10.4. The second-order valence-corrected chi connectivity index (χ2v) is 1.66. The monoisotopic (exact) mass is 145 g/mol. The van der Waals surface area contributed by atoms with Crippen LogP contribution in [0, 0.1) is 0 Å². The van der Waals surface area contributed by atoms with E-state index in [2.05, 4.69) is 15.3 Å². The zero-order valence-electron chi connectivity index (χ0n) is 6.05. The van der Waals surface area contributed by atoms with Crippen molar-refractivity contribution in [2.45, 2.75) is 6.92 Å². The van der Waals surface area contributed by atoms with Crippen LogP contribution in [-0.2, 0) is 4.84 Å². The summed E-state index contributed by atoms with van der Waals surface area (Å²) in [5.41, 5.74) is 5.73. The lowest BCUT2D eigenvalue weighted by molar-refractivity contribution is 0.153. The van der Waals surface area contributed by atoms with Gasteiger partial charge in [0.25, 0.3) is 0 Å². The first-order valence-electron chi connectivity index (χ1n) is 2.83. The predicted molar refractivity (Wildman–Crippen MR) is 37.7 cm³/mol. The summed E-state index contributed by atoms with van der Waals surface area (Å²) in [6.07, 6.45) is -0.590. The highest BCUT2D eigenvalue weighted by molar-refractivity contribution is 5.83. The number of nitrogens with one attached hydrogen (secondary N) is 1. The smallest absolute Gasteiger partial charge is 0.325 e. The summed E-state index contributed by atoms with van der Waals surface area (Å²) in [4.78, 5) is 14.7. The molecule has 0 saturated carbocycles. The van der Waals surface area contributed by atoms with E-state index in [-0.39, 0.29) is 6.54 Å². The molecule has 3 N–H and O–H groups in total. The van der Waals surface area contributed by atoms with Crippen LogP contribution in [0.1, 0.15) is 6.92 Å². The van der Waals surface area contributed by atoms with Crippen molar-refractivity contribution in [1.82, 2.24) is 5.32 Å². The first-order valence-corrected chi connectivity index (χ1v) is 2.83. The van der Waals surface area contributed by atoms with Crippen LogP contribution in [-0.4, -0.2) is 25.4 Å². The Balaban J connectivity index is 3.61. The summed E-state index contributed by atoms with van der Waals surface area (Å²) in [6, 6.07) is 0. The molecule has 0 aromatic carbocycles. The highest BCUT2D eigenvalue weighted by atomic mass is 16.7. The molecule has 5 nitrogen and oxygen atoms in total. The number of hydrogen-bond donors (Lipinski definition) is 2. The van der Waals surface area contributed by atoms with Crippen molar-refractivity contribution >= 4 is 11.8 Å². The zero-order chi connectivity index (χ0) is 7.98. The molecule has 10 heavy (non-hydrogen) atoms. The summed E-state index contributed by atoms with van der Waals surface area (Å²) in [6.45, 7) is 1.96. The van der Waals surface area contributed by atoms with Gasteiger partial charge in [-0.3, -0.25) is 4.84 Å². The van der Waals surface area contributed by atoms with Crippen LogP contribution in [0.3, 0.4) is 0 Å². The van der Waals surface area contributed by atoms with Gasteiger partial charge in [0.15, 0.2) is 0 Å². The maximum atomic E-state index is 10.4. The molecule has 0 atom stereocenters. The Bertz CT molecular complexity index is 144. The van der Waals surface area contributed by atoms with E-state index in [4.69, 9.17) is 5.73 Å². The van der Waals surface area contributed by atoms with Gasteiger partial charge in [0.2, 0.25) is 0 Å². The summed E-state index contributed by atoms with van der Waals surface area (Å²) in [5.74, 6) is 0. The quantitative estimate of drug-likeness (QED) is 0.317. The third-order valence-electron chi connectivity index (χ3n) is 0.784. The largest absolute Gasteiger partial charge is 0.433 e. The molecule has 0 rings (SSSR count). The molecule has 0 saturated heterocycles. The molecule has 1 amide bonds. The lowest BCUT2D eigenvalue weighted by atomic mass is 10.4. The minimum absolute atomic E-state index is 0.289. The van der Waals surface area contributed by atoms with Gasteiger partial charge in [-0.1, -0.05) is 5.16 Å². The van der Waals surface area contributed by atoms with Gasteiger partial charge in [0.1, 0.15) is 0 Å². The molecule has 0 bridgehead atoms. The highest BCUT2D eigenvalue weighted by Gasteiger charge is 1.94. The lowest BCUT2D eigenvalue weighted by Gasteiger charge is -1.95.